The summed E-state index contributed by atoms with van der Waals surface area (Å²) in [5.74, 6) is 2.47. The van der Waals surface area contributed by atoms with E-state index in [2.05, 4.69) is 44.7 Å². The minimum absolute atomic E-state index is 0.312. The smallest absolute Gasteiger partial charge is 0.308 e. The number of carbonyl (C=O) groups is 1. The first-order valence-corrected chi connectivity index (χ1v) is 12.0. The number of hydrogen-bond acceptors (Lipinski definition) is 5. The summed E-state index contributed by atoms with van der Waals surface area (Å²) in [6.45, 7) is 18.7. The maximum Gasteiger partial charge on any atom is 0.308 e. The molecule has 1 aliphatic rings. The lowest BCUT2D eigenvalue weighted by molar-refractivity contribution is -0.132. The third-order valence-corrected chi connectivity index (χ3v) is 6.99. The number of pyridine rings is 1. The highest BCUT2D eigenvalue weighted by Crippen LogP contribution is 2.44. The lowest BCUT2D eigenvalue weighted by Gasteiger charge is -2.42. The highest BCUT2D eigenvalue weighted by molar-refractivity contribution is 7.80. The van der Waals surface area contributed by atoms with Gasteiger partial charge in [-0.15, -0.1) is 0 Å². The minimum Gasteiger partial charge on any atom is -0.480 e. The number of fused-ring (bicyclic) bond motifs is 1. The number of anilines is 1. The third kappa shape index (κ3) is 5.06. The van der Waals surface area contributed by atoms with Crippen molar-refractivity contribution in [3.8, 4) is 11.5 Å². The van der Waals surface area contributed by atoms with Gasteiger partial charge in [-0.3, -0.25) is 4.79 Å². The second-order valence-corrected chi connectivity index (χ2v) is 10.3. The molecule has 1 aliphatic heterocycles. The van der Waals surface area contributed by atoms with Gasteiger partial charge in [0, 0.05) is 24.7 Å². The van der Waals surface area contributed by atoms with Crippen molar-refractivity contribution in [1.29, 1.82) is 0 Å². The third-order valence-electron chi connectivity index (χ3n) is 6.34. The van der Waals surface area contributed by atoms with E-state index in [1.165, 1.54) is 6.92 Å². The van der Waals surface area contributed by atoms with Crippen molar-refractivity contribution >= 4 is 29.0 Å². The molecule has 0 N–H and O–H groups in total. The molecule has 0 saturated heterocycles. The number of carbonyl (C=O) groups excluding carboxylic acids is 1. The summed E-state index contributed by atoms with van der Waals surface area (Å²) >= 11 is 6.11. The Labute approximate surface area is 203 Å². The van der Waals surface area contributed by atoms with Crippen LogP contribution >= 0.6 is 12.2 Å². The first kappa shape index (κ1) is 25.2. The molecule has 0 saturated carbocycles. The van der Waals surface area contributed by atoms with Gasteiger partial charge in [0.05, 0.1) is 0 Å². The zero-order valence-corrected chi connectivity index (χ0v) is 22.2. The molecule has 0 amide bonds. The van der Waals surface area contributed by atoms with E-state index in [9.17, 15) is 4.79 Å². The molecule has 1 atom stereocenters. The molecule has 1 aromatic heterocycles. The molecule has 3 rings (SSSR count). The normalized spacial score (nSPS) is 17.4. The summed E-state index contributed by atoms with van der Waals surface area (Å²) < 4.78 is 12.3. The van der Waals surface area contributed by atoms with Crippen molar-refractivity contribution in [2.24, 2.45) is 5.92 Å². The monoisotopic (exact) mass is 468 g/mol. The fourth-order valence-corrected chi connectivity index (χ4v) is 4.88. The molecular weight excluding hydrogens is 432 g/mol. The molecule has 1 unspecified atom stereocenters. The van der Waals surface area contributed by atoms with Crippen LogP contribution in [0, 0.1) is 40.5 Å². The molecule has 0 aliphatic carbocycles. The second kappa shape index (κ2) is 9.41. The van der Waals surface area contributed by atoms with Gasteiger partial charge in [-0.1, -0.05) is 26.1 Å². The van der Waals surface area contributed by atoms with Crippen LogP contribution in [0.1, 0.15) is 67.6 Å². The van der Waals surface area contributed by atoms with Crippen LogP contribution in [0.15, 0.2) is 12.1 Å². The summed E-state index contributed by atoms with van der Waals surface area (Å²) in [4.78, 5) is 19.3. The van der Waals surface area contributed by atoms with Gasteiger partial charge in [0.1, 0.15) is 22.3 Å². The lowest BCUT2D eigenvalue weighted by atomic mass is 9.86. The van der Waals surface area contributed by atoms with Gasteiger partial charge >= 0.3 is 5.97 Å². The van der Waals surface area contributed by atoms with Crippen LogP contribution in [-0.4, -0.2) is 28.1 Å². The van der Waals surface area contributed by atoms with Crippen molar-refractivity contribution in [3.63, 3.8) is 0 Å². The van der Waals surface area contributed by atoms with Gasteiger partial charge in [-0.2, -0.15) is 0 Å². The molecule has 5 nitrogen and oxygen atoms in total. The van der Waals surface area contributed by atoms with Crippen molar-refractivity contribution < 1.29 is 14.3 Å². The van der Waals surface area contributed by atoms with E-state index in [1.54, 1.807) is 0 Å². The maximum atomic E-state index is 11.7. The van der Waals surface area contributed by atoms with Crippen LogP contribution in [0.2, 0.25) is 0 Å². The second-order valence-electron chi connectivity index (χ2n) is 9.89. The van der Waals surface area contributed by atoms with E-state index in [0.29, 0.717) is 11.7 Å². The molecule has 2 heterocycles. The van der Waals surface area contributed by atoms with E-state index < -0.39 is 5.60 Å². The quantitative estimate of drug-likeness (QED) is 0.299. The van der Waals surface area contributed by atoms with Crippen molar-refractivity contribution in [1.82, 2.24) is 4.98 Å². The number of aryl methyl sites for hydroxylation is 2. The molecule has 6 heteroatoms. The summed E-state index contributed by atoms with van der Waals surface area (Å²) in [6, 6.07) is 4.16. The number of aromatic nitrogens is 1. The number of nitrogens with zero attached hydrogens (tertiary/aromatic N) is 2. The Morgan fingerprint density at radius 1 is 1.18 bits per heavy atom. The highest BCUT2D eigenvalue weighted by Gasteiger charge is 2.41. The van der Waals surface area contributed by atoms with Gasteiger partial charge < -0.3 is 14.4 Å². The van der Waals surface area contributed by atoms with E-state index >= 15 is 0 Å². The first-order chi connectivity index (χ1) is 15.3. The summed E-state index contributed by atoms with van der Waals surface area (Å²) in [6.07, 6.45) is 1.53. The standard InChI is InChI=1S/C27H36N2O3S/c1-15(2)14-29(23-13-16(3)12-17(4)28-23)26(33)27(9)11-10-22-20(7)24(31-21(8)30)18(5)19(6)25(22)32-27/h12-13,15H,10-11,14H2,1-9H3. The SMILES string of the molecule is CC(=O)Oc1c(C)c(C)c2c(c1C)CCC(C)(C(=S)N(CC(C)C)c1cc(C)cc(C)n1)O2. The predicted octanol–water partition coefficient (Wildman–Crippen LogP) is 6.12. The number of thiocarbonyl (C=S) groups is 1. The molecule has 178 valence electrons. The Balaban J connectivity index is 2.03. The molecule has 33 heavy (non-hydrogen) atoms. The number of esters is 1. The zero-order chi connectivity index (χ0) is 24.7. The summed E-state index contributed by atoms with van der Waals surface area (Å²) in [5.41, 5.74) is 5.45. The predicted molar refractivity (Wildman–Crippen MR) is 138 cm³/mol. The van der Waals surface area contributed by atoms with Crippen molar-refractivity contribution in [2.75, 3.05) is 11.4 Å². The van der Waals surface area contributed by atoms with Crippen molar-refractivity contribution in [2.45, 2.75) is 80.8 Å². The van der Waals surface area contributed by atoms with Crippen LogP contribution in [0.4, 0.5) is 5.82 Å². The first-order valence-electron chi connectivity index (χ1n) is 11.6. The molecular formula is C27H36N2O3S. The maximum absolute atomic E-state index is 11.7. The molecule has 0 fully saturated rings. The highest BCUT2D eigenvalue weighted by atomic mass is 32.1. The molecule has 0 spiro atoms. The fourth-order valence-electron chi connectivity index (χ4n) is 4.57. The van der Waals surface area contributed by atoms with Crippen LogP contribution in [0.25, 0.3) is 0 Å². The Morgan fingerprint density at radius 3 is 2.42 bits per heavy atom. The molecule has 0 radical (unpaired) electrons. The molecule has 1 aromatic carbocycles. The summed E-state index contributed by atoms with van der Waals surface area (Å²) in [5, 5.41) is 0. The topological polar surface area (TPSA) is 51.7 Å². The fraction of sp³-hybridized carbons (Fsp3) is 0.519. The van der Waals surface area contributed by atoms with Crippen LogP contribution in [0.5, 0.6) is 11.5 Å². The Hall–Kier alpha value is -2.47. The largest absolute Gasteiger partial charge is 0.480 e. The van der Waals surface area contributed by atoms with Crippen LogP contribution < -0.4 is 14.4 Å². The van der Waals surface area contributed by atoms with Crippen molar-refractivity contribution in [3.05, 3.63) is 45.6 Å². The average molecular weight is 469 g/mol. The number of ether oxygens (including phenoxy) is 2. The van der Waals surface area contributed by atoms with E-state index in [1.807, 2.05) is 27.7 Å². The lowest BCUT2D eigenvalue weighted by Crippen LogP contribution is -2.53. The van der Waals surface area contributed by atoms with Gasteiger partial charge in [0.2, 0.25) is 0 Å². The van der Waals surface area contributed by atoms with Crippen LogP contribution in [-0.2, 0) is 11.2 Å². The van der Waals surface area contributed by atoms with Gasteiger partial charge in [-0.05, 0) is 94.7 Å². The van der Waals surface area contributed by atoms with Crippen LogP contribution in [0.3, 0.4) is 0 Å². The Morgan fingerprint density at radius 2 is 1.85 bits per heavy atom. The van der Waals surface area contributed by atoms with E-state index in [4.69, 9.17) is 26.7 Å². The number of rotatable bonds is 5. The number of benzene rings is 1. The summed E-state index contributed by atoms with van der Waals surface area (Å²) in [7, 11) is 0. The molecule has 2 aromatic rings. The van der Waals surface area contributed by atoms with E-state index in [0.717, 1.165) is 69.5 Å². The average Bonchev–Trinajstić information content (AvgIpc) is 2.72. The Kier molecular flexibility index (Phi) is 7.18. The zero-order valence-electron chi connectivity index (χ0n) is 21.4. The van der Waals surface area contributed by atoms with Gasteiger partial charge in [-0.25, -0.2) is 4.98 Å². The van der Waals surface area contributed by atoms with E-state index in [-0.39, 0.29) is 5.97 Å². The molecule has 0 bridgehead atoms. The van der Waals surface area contributed by atoms with Gasteiger partial charge in [0.15, 0.2) is 5.60 Å². The Bertz CT molecular complexity index is 1090. The van der Waals surface area contributed by atoms with Gasteiger partial charge in [0.25, 0.3) is 0 Å². The number of hydrogen-bond donors (Lipinski definition) is 0. The minimum atomic E-state index is -0.650.